The Morgan fingerprint density at radius 2 is 2.10 bits per heavy atom. The third-order valence-electron chi connectivity index (χ3n) is 3.16. The zero-order valence-electron chi connectivity index (χ0n) is 12.1. The summed E-state index contributed by atoms with van der Waals surface area (Å²) in [5, 5.41) is 0.658. The van der Waals surface area contributed by atoms with E-state index in [0.29, 0.717) is 23.8 Å². The normalized spacial score (nSPS) is 10.6. The molecule has 0 spiro atoms. The van der Waals surface area contributed by atoms with Crippen molar-refractivity contribution in [2.75, 3.05) is 12.3 Å². The molecule has 0 unspecified atom stereocenters. The van der Waals surface area contributed by atoms with E-state index in [1.807, 2.05) is 31.2 Å². The van der Waals surface area contributed by atoms with Crippen LogP contribution < -0.4 is 5.73 Å². The molecule has 6 heteroatoms. The Balaban J connectivity index is 2.39. The fraction of sp³-hybridized carbons (Fsp3) is 0.333. The van der Waals surface area contributed by atoms with Gasteiger partial charge in [0.2, 0.25) is 0 Å². The third kappa shape index (κ3) is 3.19. The van der Waals surface area contributed by atoms with Gasteiger partial charge in [-0.25, -0.2) is 9.78 Å². The van der Waals surface area contributed by atoms with E-state index in [1.54, 1.807) is 11.5 Å². The van der Waals surface area contributed by atoms with Crippen LogP contribution in [0.3, 0.4) is 0 Å². The van der Waals surface area contributed by atoms with E-state index in [4.69, 9.17) is 22.1 Å². The van der Waals surface area contributed by atoms with Crippen molar-refractivity contribution in [1.82, 2.24) is 9.55 Å². The molecule has 21 heavy (non-hydrogen) atoms. The highest BCUT2D eigenvalue weighted by atomic mass is 35.5. The molecule has 1 heterocycles. The van der Waals surface area contributed by atoms with Crippen LogP contribution in [0.2, 0.25) is 5.02 Å². The molecule has 2 N–H and O–H groups in total. The van der Waals surface area contributed by atoms with E-state index in [2.05, 4.69) is 4.98 Å². The SMILES string of the molecule is CCOC(=O)c1nc(CC)n(Cc2ccccc2Cl)c1N. The number of halogens is 1. The van der Waals surface area contributed by atoms with E-state index in [-0.39, 0.29) is 12.3 Å². The molecule has 0 saturated heterocycles. The largest absolute Gasteiger partial charge is 0.461 e. The topological polar surface area (TPSA) is 70.1 Å². The molecule has 5 nitrogen and oxygen atoms in total. The third-order valence-corrected chi connectivity index (χ3v) is 3.53. The molecule has 0 atom stereocenters. The minimum atomic E-state index is -0.498. The summed E-state index contributed by atoms with van der Waals surface area (Å²) in [6, 6.07) is 7.52. The molecule has 0 radical (unpaired) electrons. The molecule has 2 rings (SSSR count). The first-order chi connectivity index (χ1) is 10.1. The van der Waals surface area contributed by atoms with Crippen LogP contribution in [0, 0.1) is 0 Å². The van der Waals surface area contributed by atoms with Crippen LogP contribution in [0.25, 0.3) is 0 Å². The summed E-state index contributed by atoms with van der Waals surface area (Å²) in [6.45, 7) is 4.47. The number of carbonyl (C=O) groups is 1. The monoisotopic (exact) mass is 307 g/mol. The van der Waals surface area contributed by atoms with Crippen LogP contribution in [0.4, 0.5) is 5.82 Å². The minimum Gasteiger partial charge on any atom is -0.461 e. The van der Waals surface area contributed by atoms with Crippen LogP contribution in [0.15, 0.2) is 24.3 Å². The van der Waals surface area contributed by atoms with E-state index in [1.165, 1.54) is 0 Å². The number of nitrogens with two attached hydrogens (primary N) is 1. The second-order valence-corrected chi connectivity index (χ2v) is 4.92. The number of benzene rings is 1. The molecular weight excluding hydrogens is 290 g/mol. The lowest BCUT2D eigenvalue weighted by molar-refractivity contribution is 0.0521. The second-order valence-electron chi connectivity index (χ2n) is 4.51. The molecule has 0 aliphatic rings. The van der Waals surface area contributed by atoms with Crippen molar-refractivity contribution in [2.24, 2.45) is 0 Å². The standard InChI is InChI=1S/C15H18ClN3O2/c1-3-12-18-13(15(20)21-4-2)14(17)19(12)9-10-7-5-6-8-11(10)16/h5-8H,3-4,9,17H2,1-2H3. The maximum absolute atomic E-state index is 11.9. The number of anilines is 1. The summed E-state index contributed by atoms with van der Waals surface area (Å²) < 4.78 is 6.77. The number of hydrogen-bond donors (Lipinski definition) is 1. The van der Waals surface area contributed by atoms with Gasteiger partial charge in [-0.05, 0) is 18.6 Å². The fourth-order valence-electron chi connectivity index (χ4n) is 2.11. The van der Waals surface area contributed by atoms with Crippen LogP contribution >= 0.6 is 11.6 Å². The quantitative estimate of drug-likeness (QED) is 0.862. The van der Waals surface area contributed by atoms with Crippen LogP contribution in [-0.2, 0) is 17.7 Å². The van der Waals surface area contributed by atoms with Crippen LogP contribution in [-0.4, -0.2) is 22.1 Å². The smallest absolute Gasteiger partial charge is 0.360 e. The van der Waals surface area contributed by atoms with Gasteiger partial charge in [-0.2, -0.15) is 0 Å². The van der Waals surface area contributed by atoms with Gasteiger partial charge in [0.1, 0.15) is 11.6 Å². The summed E-state index contributed by atoms with van der Waals surface area (Å²) in [6.07, 6.45) is 0.661. The van der Waals surface area contributed by atoms with Crippen molar-refractivity contribution in [3.8, 4) is 0 Å². The van der Waals surface area contributed by atoms with Gasteiger partial charge in [0, 0.05) is 11.4 Å². The van der Waals surface area contributed by atoms with Crippen molar-refractivity contribution in [3.05, 3.63) is 46.4 Å². The molecule has 1 aromatic heterocycles. The number of ether oxygens (including phenoxy) is 1. The lowest BCUT2D eigenvalue weighted by atomic mass is 10.2. The van der Waals surface area contributed by atoms with Gasteiger partial charge >= 0.3 is 5.97 Å². The maximum atomic E-state index is 11.9. The average Bonchev–Trinajstić information content (AvgIpc) is 2.78. The summed E-state index contributed by atoms with van der Waals surface area (Å²) in [5.74, 6) is 0.545. The number of nitrogens with zero attached hydrogens (tertiary/aromatic N) is 2. The molecule has 0 aliphatic carbocycles. The number of aryl methyl sites for hydroxylation is 1. The number of carbonyl (C=O) groups excluding carboxylic acids is 1. The molecule has 2 aromatic rings. The fourth-order valence-corrected chi connectivity index (χ4v) is 2.30. The molecule has 112 valence electrons. The highest BCUT2D eigenvalue weighted by Gasteiger charge is 2.21. The zero-order valence-corrected chi connectivity index (χ0v) is 12.9. The molecule has 0 aliphatic heterocycles. The highest BCUT2D eigenvalue weighted by molar-refractivity contribution is 6.31. The minimum absolute atomic E-state index is 0.167. The van der Waals surface area contributed by atoms with Crippen molar-refractivity contribution >= 4 is 23.4 Å². The van der Waals surface area contributed by atoms with Crippen LogP contribution in [0.1, 0.15) is 35.7 Å². The van der Waals surface area contributed by atoms with Gasteiger partial charge in [0.25, 0.3) is 0 Å². The summed E-state index contributed by atoms with van der Waals surface area (Å²) in [4.78, 5) is 16.2. The molecule has 0 bridgehead atoms. The second kappa shape index (κ2) is 6.63. The average molecular weight is 308 g/mol. The van der Waals surface area contributed by atoms with Crippen molar-refractivity contribution < 1.29 is 9.53 Å². The Morgan fingerprint density at radius 3 is 2.71 bits per heavy atom. The van der Waals surface area contributed by atoms with Gasteiger partial charge in [-0.15, -0.1) is 0 Å². The van der Waals surface area contributed by atoms with Crippen LogP contribution in [0.5, 0.6) is 0 Å². The molecule has 0 amide bonds. The van der Waals surface area contributed by atoms with Gasteiger partial charge in [0.15, 0.2) is 5.69 Å². The van der Waals surface area contributed by atoms with E-state index < -0.39 is 5.97 Å². The first-order valence-corrected chi connectivity index (χ1v) is 7.21. The predicted molar refractivity (Wildman–Crippen MR) is 82.5 cm³/mol. The predicted octanol–water partition coefficient (Wildman–Crippen LogP) is 2.91. The van der Waals surface area contributed by atoms with Gasteiger partial charge in [-0.3, -0.25) is 0 Å². The Labute approximate surface area is 128 Å². The van der Waals surface area contributed by atoms with Gasteiger partial charge < -0.3 is 15.0 Å². The summed E-state index contributed by atoms with van der Waals surface area (Å²) >= 11 is 6.17. The zero-order chi connectivity index (χ0) is 15.4. The van der Waals surface area contributed by atoms with Crippen molar-refractivity contribution in [3.63, 3.8) is 0 Å². The Hall–Kier alpha value is -2.01. The summed E-state index contributed by atoms with van der Waals surface area (Å²) in [7, 11) is 0. The number of nitrogen functional groups attached to an aromatic ring is 1. The molecule has 0 saturated carbocycles. The first-order valence-electron chi connectivity index (χ1n) is 6.83. The van der Waals surface area contributed by atoms with E-state index in [0.717, 1.165) is 11.4 Å². The Morgan fingerprint density at radius 1 is 1.38 bits per heavy atom. The number of imidazole rings is 1. The maximum Gasteiger partial charge on any atom is 0.360 e. The Kier molecular flexibility index (Phi) is 4.85. The molecule has 0 fully saturated rings. The molecular formula is C15H18ClN3O2. The van der Waals surface area contributed by atoms with Crippen molar-refractivity contribution in [1.29, 1.82) is 0 Å². The summed E-state index contributed by atoms with van der Waals surface area (Å²) in [5.41, 5.74) is 7.16. The lowest BCUT2D eigenvalue weighted by Crippen LogP contribution is -2.11. The number of hydrogen-bond acceptors (Lipinski definition) is 4. The van der Waals surface area contributed by atoms with E-state index in [9.17, 15) is 4.79 Å². The van der Waals surface area contributed by atoms with E-state index >= 15 is 0 Å². The number of aromatic nitrogens is 2. The highest BCUT2D eigenvalue weighted by Crippen LogP contribution is 2.22. The van der Waals surface area contributed by atoms with Gasteiger partial charge in [0.05, 0.1) is 13.2 Å². The number of rotatable bonds is 5. The first kappa shape index (κ1) is 15.4. The van der Waals surface area contributed by atoms with Crippen molar-refractivity contribution in [2.45, 2.75) is 26.8 Å². The Bertz CT molecular complexity index is 652. The lowest BCUT2D eigenvalue weighted by Gasteiger charge is -2.10. The number of esters is 1. The van der Waals surface area contributed by atoms with Gasteiger partial charge in [-0.1, -0.05) is 36.7 Å². The molecule has 1 aromatic carbocycles.